The molecule has 4 heterocycles. The summed E-state index contributed by atoms with van der Waals surface area (Å²) >= 11 is 6.52. The van der Waals surface area contributed by atoms with E-state index < -0.39 is 0 Å². The molecular weight excluding hydrogens is 636 g/mol. The quantitative estimate of drug-likeness (QED) is 0.183. The molecule has 2 fully saturated rings. The number of hydrogen-bond donors (Lipinski definition) is 4. The van der Waals surface area contributed by atoms with Gasteiger partial charge in [0, 0.05) is 56.9 Å². The van der Waals surface area contributed by atoms with Crippen LogP contribution in [0.15, 0.2) is 59.5 Å². The van der Waals surface area contributed by atoms with Gasteiger partial charge in [0.15, 0.2) is 18.2 Å². The fraction of sp³-hybridized carbons (Fsp3) is 0.353. The third kappa shape index (κ3) is 7.36. The minimum atomic E-state index is -0.340. The Balaban J connectivity index is 1.10. The predicted molar refractivity (Wildman–Crippen MR) is 184 cm³/mol. The minimum absolute atomic E-state index is 0.0755. The number of carbonyl (C=O) groups excluding carboxylic acids is 3. The van der Waals surface area contributed by atoms with E-state index in [0.29, 0.717) is 46.8 Å². The molecule has 4 N–H and O–H groups in total. The number of aryl methyl sites for hydroxylation is 1. The maximum absolute atomic E-state index is 12.7. The van der Waals surface area contributed by atoms with Crippen LogP contribution in [0.3, 0.4) is 0 Å². The lowest BCUT2D eigenvalue weighted by molar-refractivity contribution is -0.134. The van der Waals surface area contributed by atoms with Gasteiger partial charge in [-0.15, -0.1) is 0 Å². The Labute approximate surface area is 282 Å². The number of imide groups is 1. The van der Waals surface area contributed by atoms with Gasteiger partial charge < -0.3 is 30.2 Å². The number of hydrogen-bond acceptors (Lipinski definition) is 10. The number of anilines is 4. The summed E-state index contributed by atoms with van der Waals surface area (Å²) in [5.74, 6) is 0.384. The molecule has 13 nitrogen and oxygen atoms in total. The van der Waals surface area contributed by atoms with Crippen LogP contribution in [0.1, 0.15) is 37.2 Å². The summed E-state index contributed by atoms with van der Waals surface area (Å²) in [6, 6.07) is 15.0. The van der Waals surface area contributed by atoms with E-state index in [0.717, 1.165) is 49.1 Å². The highest BCUT2D eigenvalue weighted by atomic mass is 35.5. The van der Waals surface area contributed by atoms with Gasteiger partial charge in [-0.25, -0.2) is 4.98 Å². The Morgan fingerprint density at radius 1 is 1.08 bits per heavy atom. The number of likely N-dealkylation sites (N-methyl/N-ethyl adjacent to an activating group) is 1. The molecule has 48 heavy (non-hydrogen) atoms. The number of aromatic nitrogens is 3. The van der Waals surface area contributed by atoms with E-state index in [9.17, 15) is 19.2 Å². The van der Waals surface area contributed by atoms with Gasteiger partial charge in [0.05, 0.1) is 17.6 Å². The third-order valence-corrected chi connectivity index (χ3v) is 9.05. The van der Waals surface area contributed by atoms with Crippen LogP contribution >= 0.6 is 11.6 Å². The summed E-state index contributed by atoms with van der Waals surface area (Å²) in [6.07, 6.45) is 4.53. The second kappa shape index (κ2) is 14.3. The molecule has 6 rings (SSSR count). The van der Waals surface area contributed by atoms with E-state index >= 15 is 0 Å². The largest absolute Gasteiger partial charge is 0.478 e. The lowest BCUT2D eigenvalue weighted by Crippen LogP contribution is -2.39. The predicted octanol–water partition coefficient (Wildman–Crippen LogP) is 3.70. The molecule has 0 radical (unpaired) electrons. The summed E-state index contributed by atoms with van der Waals surface area (Å²) < 4.78 is 6.96. The highest BCUT2D eigenvalue weighted by molar-refractivity contribution is 6.32. The molecule has 4 aromatic rings. The number of piperidine rings is 2. The van der Waals surface area contributed by atoms with Crippen LogP contribution < -0.4 is 36.5 Å². The van der Waals surface area contributed by atoms with E-state index in [2.05, 4.69) is 31.2 Å². The number of halogens is 1. The molecule has 1 unspecified atom stereocenters. The molecule has 2 aromatic carbocycles. The standard InChI is InChI=1S/C34H37ClN8O5/c1-36-30(45)19-48-28-15-22-14-24(9-11-27(22)42(2)33(28)47)39-31-26(35)17-38-34(41-31)43-13-3-4-20(18-43)16-37-23-7-5-21(6-8-23)25-10-12-29(44)40-32(25)46/h5-9,11,14-15,17,20,25,37H,3-4,10,12-13,16,18-19H2,1-2H3,(H,36,45)(H,38,39,41)(H,40,44,46)/t20-,25?/m0/s1. The zero-order chi connectivity index (χ0) is 33.8. The summed E-state index contributed by atoms with van der Waals surface area (Å²) in [7, 11) is 3.15. The molecule has 0 aliphatic carbocycles. The molecule has 2 atom stereocenters. The van der Waals surface area contributed by atoms with Crippen molar-refractivity contribution in [2.75, 3.05) is 48.8 Å². The molecule has 0 spiro atoms. The van der Waals surface area contributed by atoms with Crippen LogP contribution in [-0.4, -0.2) is 65.5 Å². The van der Waals surface area contributed by atoms with Gasteiger partial charge in [-0.3, -0.25) is 24.5 Å². The monoisotopic (exact) mass is 672 g/mol. The van der Waals surface area contributed by atoms with Crippen molar-refractivity contribution < 1.29 is 19.1 Å². The Morgan fingerprint density at radius 3 is 2.65 bits per heavy atom. The topological polar surface area (TPSA) is 160 Å². The molecule has 2 aliphatic rings. The van der Waals surface area contributed by atoms with Crippen LogP contribution in [-0.2, 0) is 21.4 Å². The van der Waals surface area contributed by atoms with Gasteiger partial charge in [-0.2, -0.15) is 4.98 Å². The van der Waals surface area contributed by atoms with E-state index in [-0.39, 0.29) is 41.6 Å². The minimum Gasteiger partial charge on any atom is -0.478 e. The zero-order valence-electron chi connectivity index (χ0n) is 26.7. The molecule has 3 amide bonds. The molecule has 14 heteroatoms. The highest BCUT2D eigenvalue weighted by Crippen LogP contribution is 2.30. The summed E-state index contributed by atoms with van der Waals surface area (Å²) in [6.45, 7) is 2.09. The van der Waals surface area contributed by atoms with Crippen molar-refractivity contribution in [1.82, 2.24) is 25.2 Å². The number of carbonyl (C=O) groups is 3. The second-order valence-corrected chi connectivity index (χ2v) is 12.5. The number of fused-ring (bicyclic) bond motifs is 1. The van der Waals surface area contributed by atoms with Gasteiger partial charge in [-0.05, 0) is 67.1 Å². The van der Waals surface area contributed by atoms with E-state index in [1.807, 2.05) is 42.5 Å². The normalized spacial score (nSPS) is 17.9. The molecule has 0 bridgehead atoms. The molecule has 0 saturated carbocycles. The highest BCUT2D eigenvalue weighted by Gasteiger charge is 2.28. The smallest absolute Gasteiger partial charge is 0.293 e. The van der Waals surface area contributed by atoms with Crippen LogP contribution in [0.25, 0.3) is 10.9 Å². The average Bonchev–Trinajstić information content (AvgIpc) is 3.09. The molecule has 250 valence electrons. The Bertz CT molecular complexity index is 1910. The van der Waals surface area contributed by atoms with Gasteiger partial charge in [0.1, 0.15) is 5.02 Å². The number of pyridine rings is 1. The van der Waals surface area contributed by atoms with E-state index in [1.54, 1.807) is 19.3 Å². The van der Waals surface area contributed by atoms with Crippen molar-refractivity contribution in [3.8, 4) is 5.75 Å². The molecule has 2 aliphatic heterocycles. The Hall–Kier alpha value is -5.17. The summed E-state index contributed by atoms with van der Waals surface area (Å²) in [4.78, 5) is 59.6. The maximum atomic E-state index is 12.7. The van der Waals surface area contributed by atoms with Crippen molar-refractivity contribution in [2.24, 2.45) is 13.0 Å². The lowest BCUT2D eigenvalue weighted by Gasteiger charge is -2.33. The number of nitrogens with one attached hydrogen (secondary N) is 4. The third-order valence-electron chi connectivity index (χ3n) is 8.77. The van der Waals surface area contributed by atoms with E-state index in [4.69, 9.17) is 21.3 Å². The Morgan fingerprint density at radius 2 is 1.88 bits per heavy atom. The average molecular weight is 673 g/mol. The van der Waals surface area contributed by atoms with Crippen LogP contribution in [0.5, 0.6) is 5.75 Å². The second-order valence-electron chi connectivity index (χ2n) is 12.1. The number of nitrogens with zero attached hydrogens (tertiary/aromatic N) is 4. The fourth-order valence-corrected chi connectivity index (χ4v) is 6.24. The number of benzene rings is 2. The van der Waals surface area contributed by atoms with Crippen LogP contribution in [0, 0.1) is 5.92 Å². The first-order chi connectivity index (χ1) is 23.2. The van der Waals surface area contributed by atoms with Gasteiger partial charge >= 0.3 is 0 Å². The zero-order valence-corrected chi connectivity index (χ0v) is 27.5. The lowest BCUT2D eigenvalue weighted by atomic mass is 9.90. The number of amides is 3. The van der Waals surface area contributed by atoms with Crippen molar-refractivity contribution in [1.29, 1.82) is 0 Å². The van der Waals surface area contributed by atoms with Crippen LogP contribution in [0.4, 0.5) is 23.1 Å². The SMILES string of the molecule is CNC(=O)COc1cc2cc(Nc3nc(N4CCC[C@@H](CNc5ccc(C6CCC(=O)NC6=O)cc5)C4)ncc3Cl)ccc2n(C)c1=O. The van der Waals surface area contributed by atoms with Crippen molar-refractivity contribution >= 4 is 63.4 Å². The molecular formula is C34H37ClN8O5. The van der Waals surface area contributed by atoms with Crippen molar-refractivity contribution in [3.05, 3.63) is 75.7 Å². The van der Waals surface area contributed by atoms with Gasteiger partial charge in [-0.1, -0.05) is 23.7 Å². The van der Waals surface area contributed by atoms with Gasteiger partial charge in [0.2, 0.25) is 17.8 Å². The first-order valence-corrected chi connectivity index (χ1v) is 16.3. The number of ether oxygens (including phenoxy) is 1. The van der Waals surface area contributed by atoms with E-state index in [1.165, 1.54) is 11.6 Å². The first-order valence-electron chi connectivity index (χ1n) is 15.9. The number of rotatable bonds is 10. The van der Waals surface area contributed by atoms with Gasteiger partial charge in [0.25, 0.3) is 11.5 Å². The van der Waals surface area contributed by atoms with Crippen molar-refractivity contribution in [3.63, 3.8) is 0 Å². The fourth-order valence-electron chi connectivity index (χ4n) is 6.10. The molecule has 2 aromatic heterocycles. The van der Waals surface area contributed by atoms with Crippen LogP contribution in [0.2, 0.25) is 5.02 Å². The maximum Gasteiger partial charge on any atom is 0.293 e. The summed E-state index contributed by atoms with van der Waals surface area (Å²) in [5.41, 5.74) is 2.94. The molecule has 2 saturated heterocycles. The first kappa shape index (κ1) is 32.8. The summed E-state index contributed by atoms with van der Waals surface area (Å²) in [5, 5.41) is 12.8. The Kier molecular flexibility index (Phi) is 9.76. The van der Waals surface area contributed by atoms with Crippen molar-refractivity contribution in [2.45, 2.75) is 31.6 Å².